The minimum absolute atomic E-state index is 0.0114. The van der Waals surface area contributed by atoms with Crippen LogP contribution in [0.15, 0.2) is 72.9 Å². The van der Waals surface area contributed by atoms with Crippen molar-refractivity contribution in [3.8, 4) is 0 Å². The topological polar surface area (TPSA) is 62.3 Å². The number of benzene rings is 2. The summed E-state index contributed by atoms with van der Waals surface area (Å²) < 4.78 is 14.5. The van der Waals surface area contributed by atoms with Crippen molar-refractivity contribution in [3.05, 3.63) is 101 Å². The summed E-state index contributed by atoms with van der Waals surface area (Å²) in [6, 6.07) is 20.5. The van der Waals surface area contributed by atoms with Gasteiger partial charge in [0.05, 0.1) is 12.6 Å². The maximum Gasteiger partial charge on any atom is 0.243 e. The lowest BCUT2D eigenvalue weighted by Gasteiger charge is -2.27. The molecule has 0 radical (unpaired) electrons. The number of halogens is 1. The van der Waals surface area contributed by atoms with Gasteiger partial charge < -0.3 is 10.2 Å². The second kappa shape index (κ2) is 11.5. The number of aromatic nitrogens is 1. The number of nitrogens with one attached hydrogen (secondary N) is 1. The van der Waals surface area contributed by atoms with Crippen LogP contribution in [0, 0.1) is 6.92 Å². The SMILES string of the molecule is Cc1ccc(CCC(=O)N2C[C@H](F)C[C@H]2C(=O)N[C@@H](c2ccccc2)c2ccc(C(C)C)cc2)cn1. The highest BCUT2D eigenvalue weighted by Gasteiger charge is 2.40. The summed E-state index contributed by atoms with van der Waals surface area (Å²) in [5, 5.41) is 3.12. The van der Waals surface area contributed by atoms with Crippen LogP contribution in [0.5, 0.6) is 0 Å². The molecule has 36 heavy (non-hydrogen) atoms. The third kappa shape index (κ3) is 6.17. The lowest BCUT2D eigenvalue weighted by molar-refractivity contribution is -0.138. The summed E-state index contributed by atoms with van der Waals surface area (Å²) in [4.78, 5) is 32.2. The Morgan fingerprint density at radius 1 is 1.00 bits per heavy atom. The van der Waals surface area contributed by atoms with E-state index in [4.69, 9.17) is 0 Å². The fourth-order valence-corrected chi connectivity index (χ4v) is 4.67. The van der Waals surface area contributed by atoms with Crippen LogP contribution in [-0.2, 0) is 16.0 Å². The van der Waals surface area contributed by atoms with E-state index in [1.54, 1.807) is 6.20 Å². The Bertz CT molecular complexity index is 1160. The average molecular weight is 488 g/mol. The van der Waals surface area contributed by atoms with E-state index in [1.165, 1.54) is 10.5 Å². The summed E-state index contributed by atoms with van der Waals surface area (Å²) in [6.07, 6.45) is 1.26. The van der Waals surface area contributed by atoms with E-state index in [2.05, 4.69) is 36.3 Å². The summed E-state index contributed by atoms with van der Waals surface area (Å²) in [7, 11) is 0. The molecule has 1 fully saturated rings. The molecule has 1 saturated heterocycles. The van der Waals surface area contributed by atoms with Crippen molar-refractivity contribution in [1.29, 1.82) is 0 Å². The van der Waals surface area contributed by atoms with E-state index in [0.29, 0.717) is 12.3 Å². The first kappa shape index (κ1) is 25.5. The molecule has 2 aromatic carbocycles. The Balaban J connectivity index is 1.50. The van der Waals surface area contributed by atoms with Crippen molar-refractivity contribution in [3.63, 3.8) is 0 Å². The number of aryl methyl sites for hydroxylation is 2. The van der Waals surface area contributed by atoms with Crippen LogP contribution in [0.25, 0.3) is 0 Å². The fraction of sp³-hybridized carbons (Fsp3) is 0.367. The highest BCUT2D eigenvalue weighted by molar-refractivity contribution is 5.89. The summed E-state index contributed by atoms with van der Waals surface area (Å²) in [5.74, 6) is -0.144. The normalized spacial score (nSPS) is 18.3. The number of hydrogen-bond acceptors (Lipinski definition) is 3. The second-order valence-corrected chi connectivity index (χ2v) is 9.88. The predicted molar refractivity (Wildman–Crippen MR) is 139 cm³/mol. The zero-order chi connectivity index (χ0) is 25.7. The standard InChI is InChI=1S/C30H34FN3O2/c1-20(2)23-12-14-25(15-13-23)29(24-7-5-4-6-8-24)33-30(36)27-17-26(31)19-34(27)28(35)16-11-22-10-9-21(3)32-18-22/h4-10,12-15,18,20,26-27,29H,11,16-17,19H2,1-3H3,(H,33,36)/t26-,27+,29+/m1/s1. The molecule has 0 bridgehead atoms. The number of pyridine rings is 1. The van der Waals surface area contributed by atoms with Gasteiger partial charge in [-0.1, -0.05) is 74.5 Å². The quantitative estimate of drug-likeness (QED) is 0.470. The Kier molecular flexibility index (Phi) is 8.14. The summed E-state index contributed by atoms with van der Waals surface area (Å²) in [6.45, 7) is 6.13. The fourth-order valence-electron chi connectivity index (χ4n) is 4.67. The number of carbonyl (C=O) groups excluding carboxylic acids is 2. The lowest BCUT2D eigenvalue weighted by Crippen LogP contribution is -2.47. The van der Waals surface area contributed by atoms with Crippen molar-refractivity contribution in [2.75, 3.05) is 6.54 Å². The number of hydrogen-bond donors (Lipinski definition) is 1. The van der Waals surface area contributed by atoms with Gasteiger partial charge in [-0.3, -0.25) is 14.6 Å². The Hall–Kier alpha value is -3.54. The number of likely N-dealkylation sites (tertiary alicyclic amines) is 1. The molecule has 5 nitrogen and oxygen atoms in total. The Morgan fingerprint density at radius 3 is 2.31 bits per heavy atom. The van der Waals surface area contributed by atoms with Gasteiger partial charge in [0.15, 0.2) is 0 Å². The van der Waals surface area contributed by atoms with Crippen molar-refractivity contribution < 1.29 is 14.0 Å². The van der Waals surface area contributed by atoms with Crippen molar-refractivity contribution in [2.24, 2.45) is 0 Å². The van der Waals surface area contributed by atoms with Crippen LogP contribution in [-0.4, -0.2) is 40.5 Å². The Morgan fingerprint density at radius 2 is 1.67 bits per heavy atom. The van der Waals surface area contributed by atoms with E-state index < -0.39 is 18.3 Å². The van der Waals surface area contributed by atoms with Gasteiger partial charge in [-0.25, -0.2) is 4.39 Å². The van der Waals surface area contributed by atoms with Crippen molar-refractivity contribution in [1.82, 2.24) is 15.2 Å². The van der Waals surface area contributed by atoms with Gasteiger partial charge >= 0.3 is 0 Å². The lowest BCUT2D eigenvalue weighted by atomic mass is 9.95. The largest absolute Gasteiger partial charge is 0.343 e. The first-order valence-electron chi connectivity index (χ1n) is 12.6. The van der Waals surface area contributed by atoms with Crippen LogP contribution in [0.3, 0.4) is 0 Å². The number of alkyl halides is 1. The summed E-state index contributed by atoms with van der Waals surface area (Å²) >= 11 is 0. The van der Waals surface area contributed by atoms with Gasteiger partial charge in [0.1, 0.15) is 12.2 Å². The van der Waals surface area contributed by atoms with E-state index in [-0.39, 0.29) is 31.2 Å². The highest BCUT2D eigenvalue weighted by atomic mass is 19.1. The van der Waals surface area contributed by atoms with Crippen LogP contribution in [0.2, 0.25) is 0 Å². The average Bonchev–Trinajstić information content (AvgIpc) is 3.29. The third-order valence-electron chi connectivity index (χ3n) is 6.83. The van der Waals surface area contributed by atoms with E-state index >= 15 is 0 Å². The third-order valence-corrected chi connectivity index (χ3v) is 6.83. The monoisotopic (exact) mass is 487 g/mol. The molecule has 4 rings (SSSR count). The maximum absolute atomic E-state index is 14.5. The minimum atomic E-state index is -1.22. The molecule has 2 heterocycles. The number of rotatable bonds is 8. The zero-order valence-corrected chi connectivity index (χ0v) is 21.2. The zero-order valence-electron chi connectivity index (χ0n) is 21.2. The first-order valence-corrected chi connectivity index (χ1v) is 12.6. The molecular formula is C30H34FN3O2. The first-order chi connectivity index (χ1) is 17.3. The molecule has 2 amide bonds. The summed E-state index contributed by atoms with van der Waals surface area (Å²) in [5.41, 5.74) is 4.95. The highest BCUT2D eigenvalue weighted by Crippen LogP contribution is 2.27. The van der Waals surface area contributed by atoms with Crippen LogP contribution in [0.4, 0.5) is 4.39 Å². The van der Waals surface area contributed by atoms with Crippen LogP contribution in [0.1, 0.15) is 66.6 Å². The van der Waals surface area contributed by atoms with E-state index in [0.717, 1.165) is 22.4 Å². The van der Waals surface area contributed by atoms with E-state index in [1.807, 2.05) is 61.5 Å². The van der Waals surface area contributed by atoms with Gasteiger partial charge in [-0.2, -0.15) is 0 Å². The number of nitrogens with zero attached hydrogens (tertiary/aromatic N) is 2. The molecule has 0 spiro atoms. The molecule has 1 N–H and O–H groups in total. The molecule has 3 aromatic rings. The smallest absolute Gasteiger partial charge is 0.243 e. The van der Waals surface area contributed by atoms with Gasteiger partial charge in [0, 0.05) is 24.7 Å². The maximum atomic E-state index is 14.5. The second-order valence-electron chi connectivity index (χ2n) is 9.88. The molecule has 188 valence electrons. The van der Waals surface area contributed by atoms with Gasteiger partial charge in [-0.05, 0) is 47.6 Å². The molecule has 0 aliphatic carbocycles. The number of amides is 2. The van der Waals surface area contributed by atoms with Crippen molar-refractivity contribution >= 4 is 11.8 Å². The van der Waals surface area contributed by atoms with Gasteiger partial charge in [-0.15, -0.1) is 0 Å². The molecular weight excluding hydrogens is 453 g/mol. The minimum Gasteiger partial charge on any atom is -0.343 e. The molecule has 3 atom stereocenters. The van der Waals surface area contributed by atoms with Crippen LogP contribution >= 0.6 is 0 Å². The molecule has 1 aliphatic heterocycles. The number of carbonyl (C=O) groups is 2. The molecule has 0 unspecified atom stereocenters. The van der Waals surface area contributed by atoms with E-state index in [9.17, 15) is 14.0 Å². The predicted octanol–water partition coefficient (Wildman–Crippen LogP) is 5.29. The Labute approximate surface area is 212 Å². The van der Waals surface area contributed by atoms with Crippen LogP contribution < -0.4 is 5.32 Å². The molecule has 1 aromatic heterocycles. The van der Waals surface area contributed by atoms with Crippen molar-refractivity contribution in [2.45, 2.75) is 64.2 Å². The van der Waals surface area contributed by atoms with Gasteiger partial charge in [0.25, 0.3) is 0 Å². The molecule has 6 heteroatoms. The molecule has 0 saturated carbocycles. The molecule has 1 aliphatic rings. The van der Waals surface area contributed by atoms with Gasteiger partial charge in [0.2, 0.25) is 11.8 Å².